The quantitative estimate of drug-likeness (QED) is 0.865. The summed E-state index contributed by atoms with van der Waals surface area (Å²) in [4.78, 5) is 2.05. The molecule has 1 aliphatic carbocycles. The van der Waals surface area contributed by atoms with Crippen LogP contribution < -0.4 is 0 Å². The molecule has 3 rings (SSSR count). The van der Waals surface area contributed by atoms with Gasteiger partial charge in [-0.3, -0.25) is 0 Å². The van der Waals surface area contributed by atoms with Crippen molar-refractivity contribution in [1.82, 2.24) is 4.90 Å². The normalized spacial score (nSPS) is 27.4. The summed E-state index contributed by atoms with van der Waals surface area (Å²) in [5.41, 5.74) is 1.15. The van der Waals surface area contributed by atoms with E-state index in [0.29, 0.717) is 6.42 Å². The van der Waals surface area contributed by atoms with E-state index in [0.717, 1.165) is 28.5 Å². The first-order valence-electron chi connectivity index (χ1n) is 7.44. The molecule has 0 fully saturated rings. The smallest absolute Gasteiger partial charge is 0.197 e. The highest BCUT2D eigenvalue weighted by Gasteiger charge is 2.45. The number of methoxy groups -OCH3 is 2. The highest BCUT2D eigenvalue weighted by molar-refractivity contribution is 5.52. The Kier molecular flexibility index (Phi) is 3.48. The lowest BCUT2D eigenvalue weighted by Crippen LogP contribution is -2.40. The second kappa shape index (κ2) is 5.09. The van der Waals surface area contributed by atoms with Gasteiger partial charge >= 0.3 is 0 Å². The number of hydrogen-bond donors (Lipinski definition) is 1. The Morgan fingerprint density at radius 1 is 1.32 bits per heavy atom. The largest absolute Gasteiger partial charge is 0.499 e. The number of aliphatic hydroxyl groups is 1. The first-order valence-corrected chi connectivity index (χ1v) is 7.44. The first kappa shape index (κ1) is 15.0. The van der Waals surface area contributed by atoms with E-state index in [-0.39, 0.29) is 12.1 Å². The van der Waals surface area contributed by atoms with Crippen molar-refractivity contribution >= 4 is 0 Å². The number of rotatable bonds is 3. The van der Waals surface area contributed by atoms with Crippen LogP contribution in [0.25, 0.3) is 0 Å². The molecule has 0 radical (unpaired) electrons. The van der Waals surface area contributed by atoms with Crippen LogP contribution in [-0.2, 0) is 14.2 Å². The molecule has 0 aromatic carbocycles. The Morgan fingerprint density at radius 2 is 2.05 bits per heavy atom. The van der Waals surface area contributed by atoms with Crippen LogP contribution in [0.4, 0.5) is 0 Å². The first-order chi connectivity index (χ1) is 10.4. The van der Waals surface area contributed by atoms with Gasteiger partial charge in [0, 0.05) is 19.0 Å². The number of hydrogen-bond acceptors (Lipinski definition) is 5. The van der Waals surface area contributed by atoms with Gasteiger partial charge in [-0.2, -0.15) is 0 Å². The van der Waals surface area contributed by atoms with Crippen LogP contribution in [0.2, 0.25) is 0 Å². The van der Waals surface area contributed by atoms with Gasteiger partial charge in [-0.1, -0.05) is 12.2 Å². The van der Waals surface area contributed by atoms with Crippen LogP contribution in [0.5, 0.6) is 0 Å². The molecule has 5 heteroatoms. The number of nitrogens with zero attached hydrogens (tertiary/aromatic N) is 1. The molecular weight excluding hydrogens is 282 g/mol. The van der Waals surface area contributed by atoms with Gasteiger partial charge in [-0.05, 0) is 19.9 Å². The molecule has 2 aliphatic heterocycles. The molecule has 0 amide bonds. The van der Waals surface area contributed by atoms with E-state index in [2.05, 4.69) is 4.90 Å². The highest BCUT2D eigenvalue weighted by atomic mass is 16.5. The number of allylic oxidation sites excluding steroid dienone is 3. The summed E-state index contributed by atoms with van der Waals surface area (Å²) in [7, 11) is 5.32. The van der Waals surface area contributed by atoms with Crippen molar-refractivity contribution in [3.8, 4) is 0 Å². The van der Waals surface area contributed by atoms with E-state index in [1.807, 2.05) is 25.3 Å². The Bertz CT molecular complexity index is 607. The minimum absolute atomic E-state index is 0.0655. The standard InChI is InChI=1S/C17H23NO4/c1-17(2,19)13-9-11-15(21-5)10-7-6-8-12(20-4)14(10)18(3)16(11)22-13/h6-8,13-14,19H,9H2,1-5H3/t13-,14?/m1/s1. The van der Waals surface area contributed by atoms with E-state index in [4.69, 9.17) is 14.2 Å². The molecule has 1 N–H and O–H groups in total. The van der Waals surface area contributed by atoms with E-state index < -0.39 is 5.60 Å². The summed E-state index contributed by atoms with van der Waals surface area (Å²) < 4.78 is 17.2. The van der Waals surface area contributed by atoms with Crippen molar-refractivity contribution < 1.29 is 19.3 Å². The Morgan fingerprint density at radius 3 is 2.64 bits per heavy atom. The monoisotopic (exact) mass is 305 g/mol. The zero-order chi connectivity index (χ0) is 16.1. The predicted molar refractivity (Wildman–Crippen MR) is 82.6 cm³/mol. The van der Waals surface area contributed by atoms with Gasteiger partial charge in [-0.15, -0.1) is 0 Å². The average molecular weight is 305 g/mol. The number of ether oxygens (including phenoxy) is 3. The molecule has 0 spiro atoms. The predicted octanol–water partition coefficient (Wildman–Crippen LogP) is 2.07. The minimum Gasteiger partial charge on any atom is -0.499 e. The van der Waals surface area contributed by atoms with Crippen molar-refractivity contribution in [1.29, 1.82) is 0 Å². The lowest BCUT2D eigenvalue weighted by Gasteiger charge is -2.38. The summed E-state index contributed by atoms with van der Waals surface area (Å²) in [5.74, 6) is 2.43. The lowest BCUT2D eigenvalue weighted by molar-refractivity contribution is -0.0662. The molecule has 0 saturated heterocycles. The summed E-state index contributed by atoms with van der Waals surface area (Å²) in [6.45, 7) is 3.53. The topological polar surface area (TPSA) is 51.2 Å². The molecule has 0 aromatic rings. The maximum Gasteiger partial charge on any atom is 0.197 e. The average Bonchev–Trinajstić information content (AvgIpc) is 2.92. The Labute approximate surface area is 131 Å². The number of likely N-dealkylation sites (N-methyl/N-ethyl adjacent to an activating group) is 1. The third-order valence-electron chi connectivity index (χ3n) is 4.47. The zero-order valence-corrected chi connectivity index (χ0v) is 13.7. The van der Waals surface area contributed by atoms with Crippen LogP contribution in [0, 0.1) is 0 Å². The van der Waals surface area contributed by atoms with Crippen LogP contribution in [0.3, 0.4) is 0 Å². The van der Waals surface area contributed by atoms with Gasteiger partial charge in [-0.25, -0.2) is 0 Å². The molecular formula is C17H23NO4. The van der Waals surface area contributed by atoms with Crippen LogP contribution in [0.15, 0.2) is 46.8 Å². The number of fused-ring (bicyclic) bond motifs is 1. The maximum absolute atomic E-state index is 10.3. The summed E-state index contributed by atoms with van der Waals surface area (Å²) in [6, 6.07) is -0.0655. The lowest BCUT2D eigenvalue weighted by atomic mass is 9.89. The Balaban J connectivity index is 2.05. The van der Waals surface area contributed by atoms with Gasteiger partial charge in [0.15, 0.2) is 5.88 Å². The molecule has 1 unspecified atom stereocenters. The molecule has 2 atom stereocenters. The van der Waals surface area contributed by atoms with E-state index >= 15 is 0 Å². The summed E-state index contributed by atoms with van der Waals surface area (Å²) in [6.07, 6.45) is 6.30. The van der Waals surface area contributed by atoms with Crippen LogP contribution in [-0.4, -0.2) is 49.0 Å². The zero-order valence-electron chi connectivity index (χ0n) is 13.7. The second-order valence-electron chi connectivity index (χ2n) is 6.38. The fourth-order valence-corrected chi connectivity index (χ4v) is 3.29. The van der Waals surface area contributed by atoms with E-state index in [1.165, 1.54) is 0 Å². The third kappa shape index (κ3) is 2.11. The highest BCUT2D eigenvalue weighted by Crippen LogP contribution is 2.45. The molecule has 2 heterocycles. The van der Waals surface area contributed by atoms with Crippen molar-refractivity contribution in [2.75, 3.05) is 21.3 Å². The van der Waals surface area contributed by atoms with Gasteiger partial charge in [0.2, 0.25) is 0 Å². The fraction of sp³-hybridized carbons (Fsp3) is 0.529. The fourth-order valence-electron chi connectivity index (χ4n) is 3.29. The molecule has 3 aliphatic rings. The van der Waals surface area contributed by atoms with E-state index in [9.17, 15) is 5.11 Å². The van der Waals surface area contributed by atoms with Crippen molar-refractivity contribution in [2.45, 2.75) is 38.0 Å². The molecule has 0 saturated carbocycles. The van der Waals surface area contributed by atoms with Gasteiger partial charge in [0.25, 0.3) is 0 Å². The van der Waals surface area contributed by atoms with Crippen LogP contribution in [0.1, 0.15) is 20.3 Å². The van der Waals surface area contributed by atoms with Crippen LogP contribution >= 0.6 is 0 Å². The summed E-state index contributed by atoms with van der Waals surface area (Å²) in [5, 5.41) is 10.3. The van der Waals surface area contributed by atoms with Crippen molar-refractivity contribution in [3.05, 3.63) is 46.8 Å². The Hall–Kier alpha value is -1.88. The van der Waals surface area contributed by atoms with Gasteiger partial charge < -0.3 is 24.2 Å². The molecule has 22 heavy (non-hydrogen) atoms. The van der Waals surface area contributed by atoms with Gasteiger partial charge in [0.1, 0.15) is 23.7 Å². The molecule has 0 aromatic heterocycles. The minimum atomic E-state index is -0.914. The van der Waals surface area contributed by atoms with Gasteiger partial charge in [0.05, 0.1) is 25.4 Å². The molecule has 5 nitrogen and oxygen atoms in total. The molecule has 0 bridgehead atoms. The van der Waals surface area contributed by atoms with E-state index in [1.54, 1.807) is 28.1 Å². The SMILES string of the molecule is COC1=CC=CC2=C(OC)C3=C(O[C@@H](C(C)(C)O)C3)N(C)C12. The third-order valence-corrected chi connectivity index (χ3v) is 4.47. The summed E-state index contributed by atoms with van der Waals surface area (Å²) >= 11 is 0. The van der Waals surface area contributed by atoms with Crippen molar-refractivity contribution in [2.24, 2.45) is 0 Å². The molecule has 120 valence electrons. The maximum atomic E-state index is 10.3. The van der Waals surface area contributed by atoms with Crippen molar-refractivity contribution in [3.63, 3.8) is 0 Å². The second-order valence-corrected chi connectivity index (χ2v) is 6.38.